The lowest BCUT2D eigenvalue weighted by atomic mass is 9.55. The van der Waals surface area contributed by atoms with Crippen LogP contribution in [0.25, 0.3) is 10.8 Å². The minimum atomic E-state index is -0.145. The van der Waals surface area contributed by atoms with E-state index in [9.17, 15) is 9.90 Å². The van der Waals surface area contributed by atoms with E-state index in [2.05, 4.69) is 25.1 Å². The van der Waals surface area contributed by atoms with Crippen molar-refractivity contribution in [1.29, 1.82) is 0 Å². The molecule has 1 N–H and O–H groups in total. The molecule has 0 amide bonds. The van der Waals surface area contributed by atoms with Gasteiger partial charge in [0.05, 0.1) is 0 Å². The van der Waals surface area contributed by atoms with E-state index in [1.165, 1.54) is 23.4 Å². The number of hydrogen-bond acceptors (Lipinski definition) is 3. The third-order valence-electron chi connectivity index (χ3n) is 7.65. The average Bonchev–Trinajstić information content (AvgIpc) is 2.94. The molecule has 26 heavy (non-hydrogen) atoms. The summed E-state index contributed by atoms with van der Waals surface area (Å²) in [7, 11) is 0. The predicted octanol–water partition coefficient (Wildman–Crippen LogP) is 4.94. The molecule has 0 aromatic heterocycles. The van der Waals surface area contributed by atoms with Gasteiger partial charge in [0.15, 0.2) is 0 Å². The molecule has 3 heteroatoms. The van der Waals surface area contributed by atoms with Crippen LogP contribution in [0.15, 0.2) is 30.3 Å². The first-order valence-corrected chi connectivity index (χ1v) is 9.90. The standard InChI is InChI=1S/C23H26O3/c1-13(24)26-21-9-7-19-18-12-14-4-3-5-17-20(25)8-6-16(22(14)17)15(18)10-11-23(19,21)2/h3-6,8,15,18-19,21,25H,7,9-12H2,1-2H3/t15-,18+,19-,21-,23-/m0/s1. The van der Waals surface area contributed by atoms with Crippen LogP contribution in [0.4, 0.5) is 0 Å². The topological polar surface area (TPSA) is 46.5 Å². The Morgan fingerprint density at radius 2 is 2.04 bits per heavy atom. The smallest absolute Gasteiger partial charge is 0.302 e. The SMILES string of the molecule is CC(=O)O[C@H]1CC[C@H]2[C@@H]3Cc4cccc5c(O)ccc(c45)[C@@H]3CC[C@]12C. The summed E-state index contributed by atoms with van der Waals surface area (Å²) < 4.78 is 5.73. The summed E-state index contributed by atoms with van der Waals surface area (Å²) in [4.78, 5) is 11.6. The van der Waals surface area contributed by atoms with E-state index in [0.717, 1.165) is 37.5 Å². The monoisotopic (exact) mass is 350 g/mol. The highest BCUT2D eigenvalue weighted by molar-refractivity contribution is 5.94. The van der Waals surface area contributed by atoms with E-state index in [1.54, 1.807) is 0 Å². The highest BCUT2D eigenvalue weighted by Gasteiger charge is 2.56. The molecule has 0 saturated heterocycles. The Bertz CT molecular complexity index is 902. The van der Waals surface area contributed by atoms with Crippen molar-refractivity contribution in [2.45, 2.75) is 58.0 Å². The van der Waals surface area contributed by atoms with Crippen LogP contribution < -0.4 is 0 Å². The Kier molecular flexibility index (Phi) is 3.41. The van der Waals surface area contributed by atoms with E-state index in [-0.39, 0.29) is 17.5 Å². The van der Waals surface area contributed by atoms with Crippen LogP contribution in [-0.2, 0) is 16.0 Å². The highest BCUT2D eigenvalue weighted by Crippen LogP contribution is 2.62. The van der Waals surface area contributed by atoms with E-state index in [0.29, 0.717) is 23.5 Å². The first-order valence-electron chi connectivity index (χ1n) is 9.90. The Hall–Kier alpha value is -2.03. The second-order valence-corrected chi connectivity index (χ2v) is 8.81. The fraction of sp³-hybridized carbons (Fsp3) is 0.522. The van der Waals surface area contributed by atoms with Gasteiger partial charge in [-0.1, -0.05) is 31.2 Å². The number of phenolic OH excluding ortho intramolecular Hbond substituents is 1. The summed E-state index contributed by atoms with van der Waals surface area (Å²) in [5.41, 5.74) is 2.90. The summed E-state index contributed by atoms with van der Waals surface area (Å²) in [6, 6.07) is 10.4. The van der Waals surface area contributed by atoms with Crippen molar-refractivity contribution < 1.29 is 14.6 Å². The number of benzene rings is 2. The molecule has 2 aromatic carbocycles. The summed E-state index contributed by atoms with van der Waals surface area (Å²) in [5, 5.41) is 12.6. The number of rotatable bonds is 1. The molecule has 3 aliphatic carbocycles. The molecule has 5 rings (SSSR count). The largest absolute Gasteiger partial charge is 0.507 e. The minimum absolute atomic E-state index is 0.0722. The van der Waals surface area contributed by atoms with Crippen LogP contribution in [0, 0.1) is 17.3 Å². The van der Waals surface area contributed by atoms with E-state index >= 15 is 0 Å². The summed E-state index contributed by atoms with van der Waals surface area (Å²) >= 11 is 0. The van der Waals surface area contributed by atoms with Crippen molar-refractivity contribution in [3.63, 3.8) is 0 Å². The van der Waals surface area contributed by atoms with Crippen LogP contribution in [0.2, 0.25) is 0 Å². The molecule has 0 aliphatic heterocycles. The van der Waals surface area contributed by atoms with Crippen molar-refractivity contribution in [3.05, 3.63) is 41.5 Å². The zero-order valence-corrected chi connectivity index (χ0v) is 15.5. The molecule has 3 nitrogen and oxygen atoms in total. The Morgan fingerprint density at radius 3 is 2.85 bits per heavy atom. The van der Waals surface area contributed by atoms with Crippen molar-refractivity contribution in [1.82, 2.24) is 0 Å². The second kappa shape index (κ2) is 5.48. The zero-order chi connectivity index (χ0) is 18.1. The van der Waals surface area contributed by atoms with Crippen molar-refractivity contribution in [2.24, 2.45) is 17.3 Å². The lowest BCUT2D eigenvalue weighted by Gasteiger charge is -2.50. The highest BCUT2D eigenvalue weighted by atomic mass is 16.5. The van der Waals surface area contributed by atoms with Gasteiger partial charge in [0.2, 0.25) is 0 Å². The van der Waals surface area contributed by atoms with Gasteiger partial charge in [0.1, 0.15) is 11.9 Å². The molecular weight excluding hydrogens is 324 g/mol. The summed E-state index contributed by atoms with van der Waals surface area (Å²) in [6.45, 7) is 3.88. The molecular formula is C23H26O3. The van der Waals surface area contributed by atoms with Gasteiger partial charge in [0.25, 0.3) is 0 Å². The molecule has 2 saturated carbocycles. The number of ether oxygens (including phenoxy) is 1. The van der Waals surface area contributed by atoms with Gasteiger partial charge in [-0.25, -0.2) is 0 Å². The van der Waals surface area contributed by atoms with Crippen LogP contribution in [0.3, 0.4) is 0 Å². The Labute approximate surface area is 154 Å². The van der Waals surface area contributed by atoms with Crippen LogP contribution >= 0.6 is 0 Å². The van der Waals surface area contributed by atoms with Crippen molar-refractivity contribution in [3.8, 4) is 5.75 Å². The van der Waals surface area contributed by atoms with E-state index in [1.807, 2.05) is 12.1 Å². The van der Waals surface area contributed by atoms with Crippen molar-refractivity contribution in [2.75, 3.05) is 0 Å². The third kappa shape index (κ3) is 2.09. The molecule has 0 heterocycles. The maximum atomic E-state index is 11.6. The molecule has 0 radical (unpaired) electrons. The molecule has 5 atom stereocenters. The second-order valence-electron chi connectivity index (χ2n) is 8.81. The van der Waals surface area contributed by atoms with Gasteiger partial charge in [-0.15, -0.1) is 0 Å². The molecule has 0 spiro atoms. The number of hydrogen-bond donors (Lipinski definition) is 1. The zero-order valence-electron chi connectivity index (χ0n) is 15.5. The van der Waals surface area contributed by atoms with Gasteiger partial charge >= 0.3 is 5.97 Å². The van der Waals surface area contributed by atoms with Crippen LogP contribution in [0.5, 0.6) is 5.75 Å². The predicted molar refractivity (Wildman–Crippen MR) is 101 cm³/mol. The first kappa shape index (κ1) is 16.2. The number of fused-ring (bicyclic) bond motifs is 4. The van der Waals surface area contributed by atoms with Gasteiger partial charge in [-0.05, 0) is 72.4 Å². The maximum absolute atomic E-state index is 11.6. The number of esters is 1. The first-order chi connectivity index (χ1) is 12.5. The Morgan fingerprint density at radius 1 is 1.19 bits per heavy atom. The normalized spacial score (nSPS) is 35.0. The van der Waals surface area contributed by atoms with E-state index in [4.69, 9.17) is 4.74 Å². The Balaban J connectivity index is 1.57. The number of carbonyl (C=O) groups excluding carboxylic acids is 1. The molecule has 2 aromatic rings. The fourth-order valence-corrected chi connectivity index (χ4v) is 6.53. The van der Waals surface area contributed by atoms with E-state index < -0.39 is 0 Å². The van der Waals surface area contributed by atoms with Gasteiger partial charge in [0, 0.05) is 17.7 Å². The van der Waals surface area contributed by atoms with Gasteiger partial charge in [-0.3, -0.25) is 4.79 Å². The summed E-state index contributed by atoms with van der Waals surface area (Å²) in [5.74, 6) is 2.01. The molecule has 0 unspecified atom stereocenters. The van der Waals surface area contributed by atoms with Gasteiger partial charge in [-0.2, -0.15) is 0 Å². The lowest BCUT2D eigenvalue weighted by molar-refractivity contribution is -0.154. The van der Waals surface area contributed by atoms with Crippen LogP contribution in [-0.4, -0.2) is 17.2 Å². The molecule has 2 fully saturated rings. The quantitative estimate of drug-likeness (QED) is 0.741. The third-order valence-corrected chi connectivity index (χ3v) is 7.65. The minimum Gasteiger partial charge on any atom is -0.507 e. The van der Waals surface area contributed by atoms with Crippen LogP contribution in [0.1, 0.15) is 56.6 Å². The number of aromatic hydroxyl groups is 1. The molecule has 3 aliphatic rings. The fourth-order valence-electron chi connectivity index (χ4n) is 6.53. The average molecular weight is 350 g/mol. The molecule has 0 bridgehead atoms. The van der Waals surface area contributed by atoms with Gasteiger partial charge < -0.3 is 9.84 Å². The molecule has 136 valence electrons. The van der Waals surface area contributed by atoms with Crippen molar-refractivity contribution >= 4 is 16.7 Å². The lowest BCUT2D eigenvalue weighted by Crippen LogP contribution is -2.45. The number of carbonyl (C=O) groups is 1. The summed E-state index contributed by atoms with van der Waals surface area (Å²) in [6.07, 6.45) is 5.55. The number of phenols is 1. The maximum Gasteiger partial charge on any atom is 0.302 e.